The highest BCUT2D eigenvalue weighted by Gasteiger charge is 2.32. The van der Waals surface area contributed by atoms with Gasteiger partial charge in [0.1, 0.15) is 0 Å². The average Bonchev–Trinajstić information content (AvgIpc) is 3.11. The molecular formula is C35H33N3O5S2. The van der Waals surface area contributed by atoms with Crippen LogP contribution < -0.4 is 4.72 Å². The van der Waals surface area contributed by atoms with Crippen molar-refractivity contribution in [2.24, 2.45) is 0 Å². The van der Waals surface area contributed by atoms with Crippen molar-refractivity contribution in [1.29, 1.82) is 0 Å². The fourth-order valence-corrected chi connectivity index (χ4v) is 7.03. The van der Waals surface area contributed by atoms with Crippen LogP contribution in [0.2, 0.25) is 0 Å². The van der Waals surface area contributed by atoms with Gasteiger partial charge in [-0.15, -0.1) is 0 Å². The molecule has 0 radical (unpaired) electrons. The van der Waals surface area contributed by atoms with Crippen LogP contribution >= 0.6 is 11.8 Å². The van der Waals surface area contributed by atoms with Crippen LogP contribution in [-0.2, 0) is 32.6 Å². The van der Waals surface area contributed by atoms with Gasteiger partial charge in [0.15, 0.2) is 11.4 Å². The maximum absolute atomic E-state index is 12.8. The van der Waals surface area contributed by atoms with Gasteiger partial charge in [-0.1, -0.05) is 103 Å². The zero-order valence-corrected chi connectivity index (χ0v) is 26.0. The lowest BCUT2D eigenvalue weighted by atomic mass is 9.98. The molecule has 2 N–H and O–H groups in total. The van der Waals surface area contributed by atoms with Crippen LogP contribution in [0.15, 0.2) is 132 Å². The number of nitrogens with one attached hydrogen (secondary N) is 1. The summed E-state index contributed by atoms with van der Waals surface area (Å²) in [5.41, 5.74) is 5.50. The van der Waals surface area contributed by atoms with E-state index in [4.69, 9.17) is 9.47 Å². The van der Waals surface area contributed by atoms with Gasteiger partial charge in [-0.3, -0.25) is 0 Å². The van der Waals surface area contributed by atoms with E-state index in [0.717, 1.165) is 33.4 Å². The number of hydrogen-bond acceptors (Lipinski definition) is 8. The molecule has 0 bridgehead atoms. The number of rotatable bonds is 11. The van der Waals surface area contributed by atoms with E-state index in [9.17, 15) is 13.5 Å². The Labute approximate surface area is 267 Å². The van der Waals surface area contributed by atoms with Gasteiger partial charge < -0.3 is 14.6 Å². The standard InChI is InChI=1S/C35H33N3O5S2/c39-23-25-11-13-27(14-12-25)33-21-30(24-44-35-36-19-6-20-37-35)42-34(43-33)28-17-15-26(16-18-28)32-10-5-4-7-29(32)22-38-45(40,41)31-8-2-1-3-9-31/h1-20,30,33-34,38-39H,21-24H2. The number of ether oxygens (including phenoxy) is 2. The first-order valence-corrected chi connectivity index (χ1v) is 17.1. The second-order valence-corrected chi connectivity index (χ2v) is 13.4. The third kappa shape index (κ3) is 7.85. The minimum Gasteiger partial charge on any atom is -0.392 e. The summed E-state index contributed by atoms with van der Waals surface area (Å²) in [6.07, 6.45) is 3.22. The molecule has 4 aromatic carbocycles. The predicted molar refractivity (Wildman–Crippen MR) is 174 cm³/mol. The molecular weight excluding hydrogens is 607 g/mol. The Morgan fingerprint density at radius 1 is 0.800 bits per heavy atom. The number of hydrogen-bond donors (Lipinski definition) is 2. The number of thioether (sulfide) groups is 1. The lowest BCUT2D eigenvalue weighted by molar-refractivity contribution is -0.245. The molecule has 0 saturated carbocycles. The second-order valence-electron chi connectivity index (χ2n) is 10.6. The van der Waals surface area contributed by atoms with Gasteiger partial charge in [-0.25, -0.2) is 23.1 Å². The molecule has 45 heavy (non-hydrogen) atoms. The second kappa shape index (κ2) is 14.5. The Kier molecular flexibility index (Phi) is 10.00. The van der Waals surface area contributed by atoms with E-state index < -0.39 is 16.3 Å². The minimum absolute atomic E-state index is 0.0116. The molecule has 3 unspecified atom stereocenters. The third-order valence-corrected chi connectivity index (χ3v) is 10.00. The minimum atomic E-state index is -3.64. The summed E-state index contributed by atoms with van der Waals surface area (Å²) in [4.78, 5) is 8.89. The Bertz CT molecular complexity index is 1790. The van der Waals surface area contributed by atoms with E-state index in [1.165, 1.54) is 0 Å². The maximum Gasteiger partial charge on any atom is 0.240 e. The van der Waals surface area contributed by atoms with Crippen LogP contribution in [0.25, 0.3) is 11.1 Å². The molecule has 0 aliphatic carbocycles. The zero-order chi connectivity index (χ0) is 31.1. The first kappa shape index (κ1) is 31.1. The molecule has 1 aliphatic rings. The van der Waals surface area contributed by atoms with Crippen molar-refractivity contribution in [3.05, 3.63) is 144 Å². The van der Waals surface area contributed by atoms with Crippen LogP contribution in [-0.4, -0.2) is 35.3 Å². The average molecular weight is 640 g/mol. The van der Waals surface area contributed by atoms with E-state index in [2.05, 4.69) is 14.7 Å². The smallest absolute Gasteiger partial charge is 0.240 e. The highest BCUT2D eigenvalue weighted by molar-refractivity contribution is 7.99. The van der Waals surface area contributed by atoms with Gasteiger partial charge in [-0.05, 0) is 46.0 Å². The Hall–Kier alpha value is -3.90. The molecule has 3 atom stereocenters. The maximum atomic E-state index is 12.8. The molecule has 1 saturated heterocycles. The number of benzene rings is 4. The first-order valence-electron chi connectivity index (χ1n) is 14.6. The predicted octanol–water partition coefficient (Wildman–Crippen LogP) is 6.45. The fourth-order valence-electron chi connectivity index (χ4n) is 5.18. The fraction of sp³-hybridized carbons (Fsp3) is 0.200. The molecule has 1 aromatic heterocycles. The number of nitrogens with zero attached hydrogens (tertiary/aromatic N) is 2. The summed E-state index contributed by atoms with van der Waals surface area (Å²) in [7, 11) is -3.64. The van der Waals surface area contributed by atoms with Gasteiger partial charge >= 0.3 is 0 Å². The molecule has 230 valence electrons. The summed E-state index contributed by atoms with van der Waals surface area (Å²) < 4.78 is 41.3. The molecule has 0 spiro atoms. The quantitative estimate of drug-likeness (QED) is 0.125. The molecule has 1 fully saturated rings. The van der Waals surface area contributed by atoms with Crippen molar-refractivity contribution in [2.45, 2.75) is 48.1 Å². The van der Waals surface area contributed by atoms with Crippen molar-refractivity contribution >= 4 is 21.8 Å². The summed E-state index contributed by atoms with van der Waals surface area (Å²) in [5, 5.41) is 10.2. The van der Waals surface area contributed by atoms with Crippen molar-refractivity contribution in [2.75, 3.05) is 5.75 Å². The topological polar surface area (TPSA) is 111 Å². The summed E-state index contributed by atoms with van der Waals surface area (Å²) in [6, 6.07) is 33.7. The van der Waals surface area contributed by atoms with Crippen LogP contribution in [0.1, 0.15) is 41.1 Å². The van der Waals surface area contributed by atoms with Gasteiger partial charge in [0.05, 0.1) is 23.7 Å². The van der Waals surface area contributed by atoms with Gasteiger partial charge in [0.25, 0.3) is 0 Å². The SMILES string of the molecule is O=S(=O)(NCc1ccccc1-c1ccc(C2OC(CSc3ncccn3)CC(c3ccc(CO)cc3)O2)cc1)c1ccccc1. The lowest BCUT2D eigenvalue weighted by Crippen LogP contribution is -2.31. The number of sulfonamides is 1. The molecule has 1 aliphatic heterocycles. The highest BCUT2D eigenvalue weighted by atomic mass is 32.2. The Morgan fingerprint density at radius 3 is 2.22 bits per heavy atom. The third-order valence-electron chi connectivity index (χ3n) is 7.57. The largest absolute Gasteiger partial charge is 0.392 e. The van der Waals surface area contributed by atoms with Crippen LogP contribution in [0, 0.1) is 0 Å². The van der Waals surface area contributed by atoms with Crippen molar-refractivity contribution in [3.8, 4) is 11.1 Å². The van der Waals surface area contributed by atoms with E-state index in [1.807, 2.05) is 72.8 Å². The molecule has 8 nitrogen and oxygen atoms in total. The van der Waals surface area contributed by atoms with Crippen LogP contribution in [0.3, 0.4) is 0 Å². The molecule has 0 amide bonds. The van der Waals surface area contributed by atoms with E-state index in [1.54, 1.807) is 60.6 Å². The van der Waals surface area contributed by atoms with E-state index in [-0.39, 0.29) is 30.3 Å². The van der Waals surface area contributed by atoms with Crippen molar-refractivity contribution < 1.29 is 23.0 Å². The number of aliphatic hydroxyl groups excluding tert-OH is 1. The molecule has 6 rings (SSSR count). The van der Waals surface area contributed by atoms with Crippen molar-refractivity contribution in [1.82, 2.24) is 14.7 Å². The normalized spacial score (nSPS) is 18.5. The van der Waals surface area contributed by atoms with E-state index in [0.29, 0.717) is 17.3 Å². The van der Waals surface area contributed by atoms with Crippen LogP contribution in [0.5, 0.6) is 0 Å². The Morgan fingerprint density at radius 2 is 1.49 bits per heavy atom. The molecule has 5 aromatic rings. The van der Waals surface area contributed by atoms with Crippen LogP contribution in [0.4, 0.5) is 0 Å². The van der Waals surface area contributed by atoms with Gasteiger partial charge in [0, 0.05) is 36.7 Å². The van der Waals surface area contributed by atoms with Gasteiger partial charge in [-0.2, -0.15) is 0 Å². The molecule has 10 heteroatoms. The molecule has 2 heterocycles. The first-order chi connectivity index (χ1) is 22.0. The summed E-state index contributed by atoms with van der Waals surface area (Å²) in [6.45, 7) is 0.146. The van der Waals surface area contributed by atoms with E-state index >= 15 is 0 Å². The number of aromatic nitrogens is 2. The zero-order valence-electron chi connectivity index (χ0n) is 24.4. The summed E-state index contributed by atoms with van der Waals surface area (Å²) in [5.74, 6) is 0.666. The Balaban J connectivity index is 1.20. The summed E-state index contributed by atoms with van der Waals surface area (Å²) >= 11 is 1.55. The van der Waals surface area contributed by atoms with Gasteiger partial charge in [0.2, 0.25) is 10.0 Å². The highest BCUT2D eigenvalue weighted by Crippen LogP contribution is 2.39. The number of aliphatic hydroxyl groups is 1. The van der Waals surface area contributed by atoms with Crippen molar-refractivity contribution in [3.63, 3.8) is 0 Å². The lowest BCUT2D eigenvalue weighted by Gasteiger charge is -2.36. The monoisotopic (exact) mass is 639 g/mol.